The Bertz CT molecular complexity index is 459. The highest BCUT2D eigenvalue weighted by Crippen LogP contribution is 2.26. The van der Waals surface area contributed by atoms with E-state index in [9.17, 15) is 0 Å². The Morgan fingerprint density at radius 2 is 1.90 bits per heavy atom. The van der Waals surface area contributed by atoms with Crippen molar-refractivity contribution in [1.29, 1.82) is 0 Å². The van der Waals surface area contributed by atoms with Crippen LogP contribution in [0.1, 0.15) is 33.1 Å². The Morgan fingerprint density at radius 1 is 1.14 bits per heavy atom. The Morgan fingerprint density at radius 3 is 2.52 bits per heavy atom. The van der Waals surface area contributed by atoms with E-state index < -0.39 is 0 Å². The lowest BCUT2D eigenvalue weighted by atomic mass is 9.89. The molecule has 0 bridgehead atoms. The van der Waals surface area contributed by atoms with Gasteiger partial charge in [0.1, 0.15) is 0 Å². The van der Waals surface area contributed by atoms with Crippen molar-refractivity contribution in [3.63, 3.8) is 0 Å². The van der Waals surface area contributed by atoms with Crippen LogP contribution in [0.25, 0.3) is 0 Å². The van der Waals surface area contributed by atoms with Crippen LogP contribution < -0.4 is 15.1 Å². The quantitative estimate of drug-likeness (QED) is 0.918. The first-order chi connectivity index (χ1) is 10.0. The smallest absolute Gasteiger partial charge is 0.231 e. The third kappa shape index (κ3) is 3.95. The fourth-order valence-electron chi connectivity index (χ4n) is 2.80. The summed E-state index contributed by atoms with van der Waals surface area (Å²) in [5.41, 5.74) is 0. The molecule has 1 N–H and O–H groups in total. The van der Waals surface area contributed by atoms with Crippen molar-refractivity contribution < 1.29 is 0 Å². The van der Waals surface area contributed by atoms with Crippen molar-refractivity contribution in [3.8, 4) is 0 Å². The summed E-state index contributed by atoms with van der Waals surface area (Å²) < 4.78 is 0. The number of anilines is 3. The van der Waals surface area contributed by atoms with E-state index in [0.717, 1.165) is 30.9 Å². The molecule has 2 heterocycles. The summed E-state index contributed by atoms with van der Waals surface area (Å²) in [4.78, 5) is 17.7. The molecule has 1 unspecified atom stereocenters. The SMILES string of the molecule is CNc1nc(N(C)C)nc(N2CCCC(C(C)C)CC2)n1. The van der Waals surface area contributed by atoms with Crippen molar-refractivity contribution in [1.82, 2.24) is 15.0 Å². The summed E-state index contributed by atoms with van der Waals surface area (Å²) in [5.74, 6) is 3.70. The summed E-state index contributed by atoms with van der Waals surface area (Å²) in [5, 5.41) is 3.03. The molecule has 21 heavy (non-hydrogen) atoms. The molecule has 1 aromatic rings. The maximum absolute atomic E-state index is 4.61. The zero-order valence-corrected chi connectivity index (χ0v) is 13.9. The molecule has 0 aliphatic carbocycles. The number of aromatic nitrogens is 3. The molecule has 0 saturated carbocycles. The maximum atomic E-state index is 4.61. The predicted octanol–water partition coefficient (Wildman–Crippen LogP) is 2.24. The van der Waals surface area contributed by atoms with Crippen LogP contribution in [0.2, 0.25) is 0 Å². The van der Waals surface area contributed by atoms with E-state index in [-0.39, 0.29) is 0 Å². The fourth-order valence-corrected chi connectivity index (χ4v) is 2.80. The van der Waals surface area contributed by atoms with E-state index in [1.54, 1.807) is 0 Å². The van der Waals surface area contributed by atoms with E-state index >= 15 is 0 Å². The topological polar surface area (TPSA) is 57.2 Å². The van der Waals surface area contributed by atoms with Gasteiger partial charge in [-0.05, 0) is 31.1 Å². The number of nitrogens with zero attached hydrogens (tertiary/aromatic N) is 5. The lowest BCUT2D eigenvalue weighted by molar-refractivity contribution is 0.351. The first-order valence-corrected chi connectivity index (χ1v) is 7.87. The summed E-state index contributed by atoms with van der Waals surface area (Å²) in [7, 11) is 5.75. The minimum atomic E-state index is 0.633. The molecule has 6 heteroatoms. The average molecular weight is 292 g/mol. The number of nitrogens with one attached hydrogen (secondary N) is 1. The molecule has 118 valence electrons. The summed E-state index contributed by atoms with van der Waals surface area (Å²) in [6, 6.07) is 0. The van der Waals surface area contributed by atoms with Crippen LogP contribution in [0.3, 0.4) is 0 Å². The molecule has 0 aromatic carbocycles. The highest BCUT2D eigenvalue weighted by atomic mass is 15.3. The van der Waals surface area contributed by atoms with Gasteiger partial charge in [-0.15, -0.1) is 0 Å². The molecule has 1 aromatic heterocycles. The van der Waals surface area contributed by atoms with Crippen molar-refractivity contribution >= 4 is 17.8 Å². The highest BCUT2D eigenvalue weighted by molar-refractivity contribution is 5.44. The number of hydrogen-bond donors (Lipinski definition) is 1. The summed E-state index contributed by atoms with van der Waals surface area (Å²) >= 11 is 0. The van der Waals surface area contributed by atoms with Crippen molar-refractivity contribution in [3.05, 3.63) is 0 Å². The minimum Gasteiger partial charge on any atom is -0.357 e. The van der Waals surface area contributed by atoms with Crippen LogP contribution in [0.15, 0.2) is 0 Å². The molecule has 6 nitrogen and oxygen atoms in total. The van der Waals surface area contributed by atoms with Crippen LogP contribution in [0.4, 0.5) is 17.8 Å². The van der Waals surface area contributed by atoms with Gasteiger partial charge in [0.05, 0.1) is 0 Å². The molecule has 1 aliphatic heterocycles. The summed E-state index contributed by atoms with van der Waals surface area (Å²) in [6.07, 6.45) is 3.73. The monoisotopic (exact) mass is 292 g/mol. The van der Waals surface area contributed by atoms with Crippen molar-refractivity contribution in [2.45, 2.75) is 33.1 Å². The van der Waals surface area contributed by atoms with Gasteiger partial charge in [-0.1, -0.05) is 13.8 Å². The van der Waals surface area contributed by atoms with Crippen LogP contribution in [-0.4, -0.2) is 49.2 Å². The van der Waals surface area contributed by atoms with Gasteiger partial charge in [-0.3, -0.25) is 0 Å². The lowest BCUT2D eigenvalue weighted by Gasteiger charge is -2.23. The van der Waals surface area contributed by atoms with Crippen LogP contribution in [0, 0.1) is 11.8 Å². The first-order valence-electron chi connectivity index (χ1n) is 7.87. The largest absolute Gasteiger partial charge is 0.357 e. The van der Waals surface area contributed by atoms with E-state index in [2.05, 4.69) is 39.0 Å². The molecule has 0 radical (unpaired) electrons. The second kappa shape index (κ2) is 6.91. The van der Waals surface area contributed by atoms with Gasteiger partial charge in [-0.25, -0.2) is 0 Å². The zero-order chi connectivity index (χ0) is 15.4. The molecule has 0 spiro atoms. The zero-order valence-electron chi connectivity index (χ0n) is 13.9. The molecular weight excluding hydrogens is 264 g/mol. The van der Waals surface area contributed by atoms with Gasteiger partial charge in [0.15, 0.2) is 0 Å². The Hall–Kier alpha value is -1.59. The molecule has 1 aliphatic rings. The number of hydrogen-bond acceptors (Lipinski definition) is 6. The second-order valence-electron chi connectivity index (χ2n) is 6.33. The molecule has 2 rings (SSSR count). The number of rotatable bonds is 4. The molecule has 1 saturated heterocycles. The van der Waals surface area contributed by atoms with Crippen molar-refractivity contribution in [2.75, 3.05) is 49.3 Å². The maximum Gasteiger partial charge on any atom is 0.231 e. The van der Waals surface area contributed by atoms with Gasteiger partial charge in [-0.2, -0.15) is 15.0 Å². The lowest BCUT2D eigenvalue weighted by Crippen LogP contribution is -2.28. The van der Waals surface area contributed by atoms with E-state index in [0.29, 0.717) is 11.9 Å². The minimum absolute atomic E-state index is 0.633. The van der Waals surface area contributed by atoms with Crippen LogP contribution >= 0.6 is 0 Å². The standard InChI is InChI=1S/C15H28N6/c1-11(2)12-7-6-9-21(10-8-12)15-18-13(16-3)17-14(19-15)20(4)5/h11-12H,6-10H2,1-5H3,(H,16,17,18,19). The highest BCUT2D eigenvalue weighted by Gasteiger charge is 2.22. The first kappa shape index (κ1) is 15.8. The molecule has 0 amide bonds. The summed E-state index contributed by atoms with van der Waals surface area (Å²) in [6.45, 7) is 6.71. The fraction of sp³-hybridized carbons (Fsp3) is 0.800. The molecule has 1 fully saturated rings. The van der Waals surface area contributed by atoms with Gasteiger partial charge < -0.3 is 15.1 Å². The molecular formula is C15H28N6. The van der Waals surface area contributed by atoms with E-state index in [1.165, 1.54) is 19.3 Å². The third-order valence-electron chi connectivity index (χ3n) is 4.23. The normalized spacial score (nSPS) is 19.5. The Labute approximate surface area is 128 Å². The predicted molar refractivity (Wildman–Crippen MR) is 88.1 cm³/mol. The van der Waals surface area contributed by atoms with Crippen LogP contribution in [-0.2, 0) is 0 Å². The average Bonchev–Trinajstić information content (AvgIpc) is 2.72. The van der Waals surface area contributed by atoms with Gasteiger partial charge in [0.2, 0.25) is 17.8 Å². The second-order valence-corrected chi connectivity index (χ2v) is 6.33. The van der Waals surface area contributed by atoms with Crippen molar-refractivity contribution in [2.24, 2.45) is 11.8 Å². The van der Waals surface area contributed by atoms with Gasteiger partial charge in [0, 0.05) is 34.2 Å². The third-order valence-corrected chi connectivity index (χ3v) is 4.23. The Balaban J connectivity index is 2.18. The molecule has 1 atom stereocenters. The Kier molecular flexibility index (Phi) is 5.20. The van der Waals surface area contributed by atoms with Crippen LogP contribution in [0.5, 0.6) is 0 Å². The van der Waals surface area contributed by atoms with E-state index in [1.807, 2.05) is 26.0 Å². The van der Waals surface area contributed by atoms with E-state index in [4.69, 9.17) is 0 Å². The van der Waals surface area contributed by atoms with Gasteiger partial charge >= 0.3 is 0 Å². The van der Waals surface area contributed by atoms with Gasteiger partial charge in [0.25, 0.3) is 0 Å².